The Kier molecular flexibility index (Phi) is 6.32. The fourth-order valence-electron chi connectivity index (χ4n) is 2.38. The third-order valence-corrected chi connectivity index (χ3v) is 3.64. The molecular weight excluding hydrogens is 336 g/mol. The fraction of sp³-hybridized carbons (Fsp3) is 0.211. The number of carbonyl (C=O) groups is 3. The lowest BCUT2D eigenvalue weighted by atomic mass is 10.0. The first-order valence-electron chi connectivity index (χ1n) is 7.93. The molecule has 0 radical (unpaired) electrons. The zero-order valence-corrected chi connectivity index (χ0v) is 14.5. The lowest BCUT2D eigenvalue weighted by molar-refractivity contribution is -0.139. The number of amides is 2. The lowest BCUT2D eigenvalue weighted by Crippen LogP contribution is -2.42. The van der Waals surface area contributed by atoms with Crippen molar-refractivity contribution in [3.05, 3.63) is 59.7 Å². The van der Waals surface area contributed by atoms with E-state index in [4.69, 9.17) is 4.74 Å². The lowest BCUT2D eigenvalue weighted by Gasteiger charge is -2.15. The predicted molar refractivity (Wildman–Crippen MR) is 96.3 cm³/mol. The van der Waals surface area contributed by atoms with Gasteiger partial charge >= 0.3 is 5.97 Å². The summed E-state index contributed by atoms with van der Waals surface area (Å²) in [6.07, 6.45) is 0.127. The summed E-state index contributed by atoms with van der Waals surface area (Å²) in [6, 6.07) is 12.1. The molecule has 0 aliphatic carbocycles. The van der Waals surface area contributed by atoms with Gasteiger partial charge in [0.1, 0.15) is 11.8 Å². The molecule has 0 saturated carbocycles. The highest BCUT2D eigenvalue weighted by Gasteiger charge is 2.21. The number of aliphatic carboxylic acids is 1. The van der Waals surface area contributed by atoms with Gasteiger partial charge in [0.15, 0.2) is 0 Å². The molecule has 1 atom stereocenters. The van der Waals surface area contributed by atoms with Crippen molar-refractivity contribution >= 4 is 23.5 Å². The summed E-state index contributed by atoms with van der Waals surface area (Å²) in [5.41, 5.74) is 1.59. The van der Waals surface area contributed by atoms with Crippen LogP contribution in [0.4, 0.5) is 5.69 Å². The molecule has 26 heavy (non-hydrogen) atoms. The van der Waals surface area contributed by atoms with Crippen molar-refractivity contribution < 1.29 is 24.2 Å². The maximum atomic E-state index is 12.3. The summed E-state index contributed by atoms with van der Waals surface area (Å²) >= 11 is 0. The zero-order valence-electron chi connectivity index (χ0n) is 14.5. The van der Waals surface area contributed by atoms with Crippen molar-refractivity contribution in [1.29, 1.82) is 0 Å². The molecule has 2 aromatic rings. The largest absolute Gasteiger partial charge is 0.497 e. The summed E-state index contributed by atoms with van der Waals surface area (Å²) in [4.78, 5) is 34.8. The normalized spacial score (nSPS) is 11.3. The van der Waals surface area contributed by atoms with E-state index in [1.807, 2.05) is 0 Å². The van der Waals surface area contributed by atoms with Crippen LogP contribution in [0, 0.1) is 0 Å². The number of anilines is 1. The molecule has 7 heteroatoms. The maximum absolute atomic E-state index is 12.3. The molecule has 0 spiro atoms. The molecule has 0 saturated heterocycles. The highest BCUT2D eigenvalue weighted by atomic mass is 16.5. The van der Waals surface area contributed by atoms with Crippen LogP contribution < -0.4 is 15.4 Å². The van der Waals surface area contributed by atoms with Crippen molar-refractivity contribution in [2.75, 3.05) is 12.4 Å². The second-order valence-corrected chi connectivity index (χ2v) is 5.68. The van der Waals surface area contributed by atoms with Crippen LogP contribution in [-0.4, -0.2) is 36.0 Å². The van der Waals surface area contributed by atoms with Gasteiger partial charge in [-0.25, -0.2) is 4.79 Å². The van der Waals surface area contributed by atoms with Gasteiger partial charge in [-0.15, -0.1) is 0 Å². The minimum Gasteiger partial charge on any atom is -0.497 e. The van der Waals surface area contributed by atoms with E-state index in [1.165, 1.54) is 26.2 Å². The van der Waals surface area contributed by atoms with Gasteiger partial charge in [0, 0.05) is 24.6 Å². The number of carboxylic acid groups (broad SMARTS) is 1. The van der Waals surface area contributed by atoms with E-state index in [0.717, 1.165) is 5.56 Å². The molecule has 2 rings (SSSR count). The van der Waals surface area contributed by atoms with Crippen molar-refractivity contribution in [2.45, 2.75) is 19.4 Å². The molecule has 136 valence electrons. The Labute approximate surface area is 151 Å². The third-order valence-electron chi connectivity index (χ3n) is 3.64. The Morgan fingerprint density at radius 3 is 2.38 bits per heavy atom. The smallest absolute Gasteiger partial charge is 0.326 e. The number of hydrogen-bond donors (Lipinski definition) is 3. The molecule has 0 bridgehead atoms. The number of benzene rings is 2. The molecule has 0 aromatic heterocycles. The van der Waals surface area contributed by atoms with Gasteiger partial charge in [0.05, 0.1) is 7.11 Å². The Bertz CT molecular complexity index is 802. The average Bonchev–Trinajstić information content (AvgIpc) is 2.61. The van der Waals surface area contributed by atoms with E-state index in [0.29, 0.717) is 17.0 Å². The van der Waals surface area contributed by atoms with Crippen LogP contribution in [0.25, 0.3) is 0 Å². The van der Waals surface area contributed by atoms with Gasteiger partial charge in [-0.3, -0.25) is 9.59 Å². The van der Waals surface area contributed by atoms with E-state index in [9.17, 15) is 19.5 Å². The SMILES string of the molecule is COc1cccc(C[C@H](NC(=O)c2ccc(NC(C)=O)cc2)C(=O)O)c1. The summed E-state index contributed by atoms with van der Waals surface area (Å²) in [5.74, 6) is -1.23. The van der Waals surface area contributed by atoms with Gasteiger partial charge in [0.25, 0.3) is 5.91 Å². The van der Waals surface area contributed by atoms with Crippen LogP contribution in [-0.2, 0) is 16.0 Å². The molecule has 0 fully saturated rings. The van der Waals surface area contributed by atoms with Crippen LogP contribution in [0.3, 0.4) is 0 Å². The van der Waals surface area contributed by atoms with Gasteiger partial charge in [-0.1, -0.05) is 12.1 Å². The van der Waals surface area contributed by atoms with E-state index in [-0.39, 0.29) is 12.3 Å². The van der Waals surface area contributed by atoms with Crippen LogP contribution in [0.15, 0.2) is 48.5 Å². The summed E-state index contributed by atoms with van der Waals surface area (Å²) in [5, 5.41) is 14.5. The average molecular weight is 356 g/mol. The minimum absolute atomic E-state index is 0.127. The molecule has 0 aliphatic rings. The zero-order chi connectivity index (χ0) is 19.1. The first-order valence-corrected chi connectivity index (χ1v) is 7.93. The molecule has 2 amide bonds. The number of nitrogens with one attached hydrogen (secondary N) is 2. The van der Waals surface area contributed by atoms with Gasteiger partial charge in [0.2, 0.25) is 5.91 Å². The number of methoxy groups -OCH3 is 1. The Balaban J connectivity index is 2.07. The highest BCUT2D eigenvalue weighted by molar-refractivity contribution is 5.97. The Hall–Kier alpha value is -3.35. The second-order valence-electron chi connectivity index (χ2n) is 5.68. The summed E-state index contributed by atoms with van der Waals surface area (Å²) < 4.78 is 5.12. The summed E-state index contributed by atoms with van der Waals surface area (Å²) in [7, 11) is 1.53. The Morgan fingerprint density at radius 1 is 1.12 bits per heavy atom. The first kappa shape index (κ1) is 19.0. The van der Waals surface area contributed by atoms with E-state index in [2.05, 4.69) is 10.6 Å². The monoisotopic (exact) mass is 356 g/mol. The van der Waals surface area contributed by atoms with Crippen molar-refractivity contribution in [1.82, 2.24) is 5.32 Å². The maximum Gasteiger partial charge on any atom is 0.326 e. The fourth-order valence-corrected chi connectivity index (χ4v) is 2.38. The number of hydrogen-bond acceptors (Lipinski definition) is 4. The van der Waals surface area contributed by atoms with Crippen molar-refractivity contribution in [3.8, 4) is 5.75 Å². The standard InChI is InChI=1S/C19H20N2O5/c1-12(22)20-15-8-6-14(7-9-15)18(23)21-17(19(24)25)11-13-4-3-5-16(10-13)26-2/h3-10,17H,11H2,1-2H3,(H,20,22)(H,21,23)(H,24,25)/t17-/m0/s1. The van der Waals surface area contributed by atoms with Crippen LogP contribution in [0.2, 0.25) is 0 Å². The first-order chi connectivity index (χ1) is 12.4. The highest BCUT2D eigenvalue weighted by Crippen LogP contribution is 2.15. The van der Waals surface area contributed by atoms with Crippen LogP contribution in [0.1, 0.15) is 22.8 Å². The quantitative estimate of drug-likeness (QED) is 0.704. The van der Waals surface area contributed by atoms with Gasteiger partial charge in [-0.05, 0) is 42.0 Å². The Morgan fingerprint density at radius 2 is 1.81 bits per heavy atom. The van der Waals surface area contributed by atoms with Crippen molar-refractivity contribution in [2.24, 2.45) is 0 Å². The minimum atomic E-state index is -1.13. The van der Waals surface area contributed by atoms with Crippen LogP contribution in [0.5, 0.6) is 5.75 Å². The number of carboxylic acids is 1. The third kappa shape index (κ3) is 5.34. The predicted octanol–water partition coefficient (Wildman–Crippen LogP) is 2.08. The van der Waals surface area contributed by atoms with E-state index < -0.39 is 17.9 Å². The molecular formula is C19H20N2O5. The number of carbonyl (C=O) groups excluding carboxylic acids is 2. The van der Waals surface area contributed by atoms with E-state index >= 15 is 0 Å². The van der Waals surface area contributed by atoms with Gasteiger partial charge < -0.3 is 20.5 Å². The number of rotatable bonds is 7. The second kappa shape index (κ2) is 8.66. The summed E-state index contributed by atoms with van der Waals surface area (Å²) in [6.45, 7) is 1.39. The van der Waals surface area contributed by atoms with Crippen molar-refractivity contribution in [3.63, 3.8) is 0 Å². The van der Waals surface area contributed by atoms with E-state index in [1.54, 1.807) is 36.4 Å². The molecule has 2 aromatic carbocycles. The molecule has 0 heterocycles. The topological polar surface area (TPSA) is 105 Å². The molecule has 7 nitrogen and oxygen atoms in total. The van der Waals surface area contributed by atoms with Crippen LogP contribution >= 0.6 is 0 Å². The molecule has 0 unspecified atom stereocenters. The molecule has 0 aliphatic heterocycles. The molecule has 3 N–H and O–H groups in total. The number of ether oxygens (including phenoxy) is 1. The van der Waals surface area contributed by atoms with Gasteiger partial charge in [-0.2, -0.15) is 0 Å².